The number of nitrogens with zero attached hydrogens (tertiary/aromatic N) is 2. The van der Waals surface area contributed by atoms with Crippen molar-refractivity contribution in [2.45, 2.75) is 17.7 Å². The molecule has 1 aromatic heterocycles. The summed E-state index contributed by atoms with van der Waals surface area (Å²) in [7, 11) is -5.11. The molecule has 0 aromatic carbocycles. The van der Waals surface area contributed by atoms with E-state index >= 15 is 0 Å². The lowest BCUT2D eigenvalue weighted by molar-refractivity contribution is -0.390. The average molecular weight is 337 g/mol. The Morgan fingerprint density at radius 2 is 1.90 bits per heavy atom. The van der Waals surface area contributed by atoms with Crippen molar-refractivity contribution in [2.24, 2.45) is 5.14 Å². The normalized spacial score (nSPS) is 12.5. The second-order valence-electron chi connectivity index (χ2n) is 3.34. The highest BCUT2D eigenvalue weighted by Crippen LogP contribution is 2.37. The summed E-state index contributed by atoms with van der Waals surface area (Å²) in [4.78, 5) is 9.93. The molecule has 0 unspecified atom stereocenters. The molecule has 1 aromatic rings. The molecule has 1 rings (SSSR count). The van der Waals surface area contributed by atoms with Crippen molar-refractivity contribution in [1.82, 2.24) is 4.98 Å². The van der Waals surface area contributed by atoms with Crippen LogP contribution in [0.4, 0.5) is 27.8 Å². The molecule has 0 atom stereocenters. The van der Waals surface area contributed by atoms with Gasteiger partial charge in [-0.1, -0.05) is 0 Å². The first-order valence-electron chi connectivity index (χ1n) is 4.59. The van der Waals surface area contributed by atoms with E-state index < -0.39 is 49.9 Å². The number of primary sulfonamides is 1. The second-order valence-corrected chi connectivity index (χ2v) is 4.84. The highest BCUT2D eigenvalue weighted by atomic mass is 32.2. The summed E-state index contributed by atoms with van der Waals surface area (Å²) in [6.07, 6.45) is -9.23. The number of halogens is 5. The number of nitrogens with two attached hydrogens (primary N) is 1. The molecule has 0 aliphatic carbocycles. The Bertz CT molecular complexity index is 674. The number of nitro groups is 1. The lowest BCUT2D eigenvalue weighted by atomic mass is 10.3. The summed E-state index contributed by atoms with van der Waals surface area (Å²) >= 11 is 0. The van der Waals surface area contributed by atoms with Crippen molar-refractivity contribution in [1.29, 1.82) is 0 Å². The predicted molar refractivity (Wildman–Crippen MR) is 53.9 cm³/mol. The van der Waals surface area contributed by atoms with Gasteiger partial charge < -0.3 is 14.9 Å². The van der Waals surface area contributed by atoms with Crippen molar-refractivity contribution in [3.63, 3.8) is 0 Å². The molecule has 0 bridgehead atoms. The maximum Gasteiger partial charge on any atom is 0.573 e. The molecule has 2 N–H and O–H groups in total. The molecular formula is C7H4F5N3O5S. The maximum absolute atomic E-state index is 12.7. The van der Waals surface area contributed by atoms with Gasteiger partial charge in [-0.25, -0.2) is 22.3 Å². The van der Waals surface area contributed by atoms with Gasteiger partial charge in [0.1, 0.15) is 0 Å². The highest BCUT2D eigenvalue weighted by molar-refractivity contribution is 7.89. The number of alkyl halides is 5. The summed E-state index contributed by atoms with van der Waals surface area (Å²) in [5.74, 6) is -3.22. The molecule has 0 aliphatic rings. The average Bonchev–Trinajstić information content (AvgIpc) is 2.23. The van der Waals surface area contributed by atoms with Crippen LogP contribution in [0.5, 0.6) is 5.75 Å². The topological polar surface area (TPSA) is 125 Å². The van der Waals surface area contributed by atoms with Crippen LogP contribution in [-0.4, -0.2) is 24.7 Å². The van der Waals surface area contributed by atoms with Crippen LogP contribution in [0, 0.1) is 10.1 Å². The van der Waals surface area contributed by atoms with Crippen molar-refractivity contribution >= 4 is 15.8 Å². The first-order chi connectivity index (χ1) is 9.33. The summed E-state index contributed by atoms with van der Waals surface area (Å²) in [6.45, 7) is 0. The summed E-state index contributed by atoms with van der Waals surface area (Å²) in [5.41, 5.74) is -1.81. The number of hydrogen-bond donors (Lipinski definition) is 1. The highest BCUT2D eigenvalue weighted by Gasteiger charge is 2.39. The molecule has 1 heterocycles. The minimum Gasteiger partial charge on any atom is -0.404 e. The van der Waals surface area contributed by atoms with E-state index in [0.717, 1.165) is 0 Å². The Morgan fingerprint density at radius 3 is 2.24 bits per heavy atom. The van der Waals surface area contributed by atoms with Crippen molar-refractivity contribution in [2.75, 3.05) is 0 Å². The zero-order valence-corrected chi connectivity index (χ0v) is 10.3. The molecule has 0 fully saturated rings. The van der Waals surface area contributed by atoms with Crippen LogP contribution in [0.25, 0.3) is 0 Å². The lowest BCUT2D eigenvalue weighted by Gasteiger charge is -2.12. The molecule has 0 aliphatic heterocycles. The van der Waals surface area contributed by atoms with Crippen LogP contribution in [-0.2, 0) is 10.0 Å². The Hall–Kier alpha value is -2.09. The van der Waals surface area contributed by atoms with E-state index in [4.69, 9.17) is 0 Å². The zero-order valence-electron chi connectivity index (χ0n) is 9.47. The fourth-order valence-corrected chi connectivity index (χ4v) is 2.05. The van der Waals surface area contributed by atoms with Gasteiger partial charge in [0.25, 0.3) is 0 Å². The third kappa shape index (κ3) is 4.19. The number of aromatic nitrogens is 1. The van der Waals surface area contributed by atoms with E-state index in [2.05, 4.69) is 14.9 Å². The largest absolute Gasteiger partial charge is 0.573 e. The Balaban J connectivity index is 3.75. The SMILES string of the molecule is NS(=O)(=O)c1c(OC(F)(F)F)cc([N+](=O)[O-])nc1C(F)F. The van der Waals surface area contributed by atoms with Gasteiger partial charge in [0.15, 0.2) is 10.6 Å². The maximum atomic E-state index is 12.7. The lowest BCUT2D eigenvalue weighted by Crippen LogP contribution is -2.23. The van der Waals surface area contributed by atoms with Crippen LogP contribution in [0.2, 0.25) is 0 Å². The number of rotatable bonds is 4. The molecule has 8 nitrogen and oxygen atoms in total. The minimum atomic E-state index is -5.49. The summed E-state index contributed by atoms with van der Waals surface area (Å²) in [5, 5.41) is 15.0. The van der Waals surface area contributed by atoms with Crippen LogP contribution < -0.4 is 9.88 Å². The quantitative estimate of drug-likeness (QED) is 0.504. The van der Waals surface area contributed by atoms with Crippen molar-refractivity contribution in [3.05, 3.63) is 21.9 Å². The first-order valence-corrected chi connectivity index (χ1v) is 6.13. The van der Waals surface area contributed by atoms with Gasteiger partial charge in [0.05, 0.1) is 6.07 Å². The molecule has 0 spiro atoms. The molecular weight excluding hydrogens is 333 g/mol. The van der Waals surface area contributed by atoms with Crippen molar-refractivity contribution < 1.29 is 40.0 Å². The van der Waals surface area contributed by atoms with E-state index in [1.807, 2.05) is 0 Å². The predicted octanol–water partition coefficient (Wildman–Crippen LogP) is 1.47. The number of ether oxygens (including phenoxy) is 1. The first kappa shape index (κ1) is 17.0. The van der Waals surface area contributed by atoms with Gasteiger partial charge in [-0.2, -0.15) is 0 Å². The van der Waals surface area contributed by atoms with E-state index in [9.17, 15) is 40.5 Å². The Labute approximate surface area is 112 Å². The number of hydrogen-bond acceptors (Lipinski definition) is 6. The number of pyridine rings is 1. The Morgan fingerprint density at radius 1 is 1.38 bits per heavy atom. The number of sulfonamides is 1. The molecule has 118 valence electrons. The van der Waals surface area contributed by atoms with Crippen molar-refractivity contribution in [3.8, 4) is 5.75 Å². The molecule has 0 saturated heterocycles. The van der Waals surface area contributed by atoms with Crippen LogP contribution >= 0.6 is 0 Å². The van der Waals surface area contributed by atoms with Gasteiger partial charge in [-0.3, -0.25) is 0 Å². The standard InChI is InChI=1S/C7H4F5N3O5S/c8-6(9)4-5(21(13,18)19)2(20-7(10,11)12)1-3(14-4)15(16)17/h1,6H,(H2,13,18,19). The third-order valence-corrected chi connectivity index (χ3v) is 2.83. The Kier molecular flexibility index (Phi) is 4.33. The van der Waals surface area contributed by atoms with Gasteiger partial charge in [0, 0.05) is 0 Å². The molecule has 0 radical (unpaired) electrons. The summed E-state index contributed by atoms with van der Waals surface area (Å²) < 4.78 is 87.2. The molecule has 0 amide bonds. The molecule has 21 heavy (non-hydrogen) atoms. The zero-order chi connectivity index (χ0) is 16.6. The van der Waals surface area contributed by atoms with Crippen LogP contribution in [0.15, 0.2) is 11.0 Å². The fraction of sp³-hybridized carbons (Fsp3) is 0.286. The summed E-state index contributed by atoms with van der Waals surface area (Å²) in [6, 6.07) is -0.0703. The minimum absolute atomic E-state index is 0.0703. The van der Waals surface area contributed by atoms with Crippen LogP contribution in [0.3, 0.4) is 0 Å². The fourth-order valence-electron chi connectivity index (χ4n) is 1.24. The van der Waals surface area contributed by atoms with Gasteiger partial charge in [-0.15, -0.1) is 13.2 Å². The molecule has 0 saturated carbocycles. The molecule has 14 heteroatoms. The van der Waals surface area contributed by atoms with E-state index in [0.29, 0.717) is 0 Å². The van der Waals surface area contributed by atoms with Gasteiger partial charge in [0.2, 0.25) is 15.7 Å². The van der Waals surface area contributed by atoms with E-state index in [-0.39, 0.29) is 6.07 Å². The van der Waals surface area contributed by atoms with Crippen LogP contribution in [0.1, 0.15) is 12.1 Å². The van der Waals surface area contributed by atoms with Gasteiger partial charge in [-0.05, 0) is 9.91 Å². The van der Waals surface area contributed by atoms with E-state index in [1.165, 1.54) is 0 Å². The third-order valence-electron chi connectivity index (χ3n) is 1.86. The smallest absolute Gasteiger partial charge is 0.404 e. The second kappa shape index (κ2) is 5.36. The van der Waals surface area contributed by atoms with E-state index in [1.54, 1.807) is 0 Å². The van der Waals surface area contributed by atoms with Gasteiger partial charge >= 0.3 is 18.6 Å². The monoisotopic (exact) mass is 337 g/mol.